The Hall–Kier alpha value is -2.36. The third kappa shape index (κ3) is 1.45. The molecule has 1 aliphatic heterocycles. The van der Waals surface area contributed by atoms with E-state index >= 15 is 0 Å². The number of hydrogen-bond donors (Lipinski definition) is 0. The van der Waals surface area contributed by atoms with Gasteiger partial charge in [-0.05, 0) is 24.3 Å². The lowest BCUT2D eigenvalue weighted by molar-refractivity contribution is -0.115. The Morgan fingerprint density at radius 2 is 1.94 bits per heavy atom. The summed E-state index contributed by atoms with van der Waals surface area (Å²) in [6.07, 6.45) is 1.64. The number of para-hydroxylation sites is 2. The minimum Gasteiger partial charge on any atom is -0.435 e. The maximum absolute atomic E-state index is 11.8. The average Bonchev–Trinajstić information content (AvgIpc) is 2.35. The van der Waals surface area contributed by atoms with Crippen molar-refractivity contribution in [2.75, 3.05) is 4.90 Å². The van der Waals surface area contributed by atoms with Crippen LogP contribution in [-0.2, 0) is 4.79 Å². The van der Waals surface area contributed by atoms with E-state index in [4.69, 9.17) is 4.74 Å². The number of ether oxygens (including phenoxy) is 1. The van der Waals surface area contributed by atoms with E-state index in [1.54, 1.807) is 17.2 Å². The molecule has 84 valence electrons. The van der Waals surface area contributed by atoms with Crippen LogP contribution in [0.15, 0.2) is 42.6 Å². The number of benzene rings is 1. The molecule has 17 heavy (non-hydrogen) atoms. The number of carbonyl (C=O) groups is 1. The highest BCUT2D eigenvalue weighted by Gasteiger charge is 2.27. The molecule has 1 aromatic heterocycles. The standard InChI is InChI=1S/C13H10N2O2/c1-9(16)15-10-5-2-3-7-12(10)17-13-11(15)6-4-8-14-13/h2-8H,1H3. The summed E-state index contributed by atoms with van der Waals surface area (Å²) in [7, 11) is 0. The largest absolute Gasteiger partial charge is 0.435 e. The van der Waals surface area contributed by atoms with E-state index < -0.39 is 0 Å². The van der Waals surface area contributed by atoms with Crippen LogP contribution in [0.2, 0.25) is 0 Å². The van der Waals surface area contributed by atoms with Crippen LogP contribution in [0.3, 0.4) is 0 Å². The number of aromatic nitrogens is 1. The van der Waals surface area contributed by atoms with Gasteiger partial charge >= 0.3 is 0 Å². The zero-order valence-corrected chi connectivity index (χ0v) is 9.25. The van der Waals surface area contributed by atoms with Crippen LogP contribution < -0.4 is 9.64 Å². The number of rotatable bonds is 0. The lowest BCUT2D eigenvalue weighted by Crippen LogP contribution is -2.26. The van der Waals surface area contributed by atoms with E-state index in [1.807, 2.05) is 30.3 Å². The molecular weight excluding hydrogens is 216 g/mol. The maximum Gasteiger partial charge on any atom is 0.243 e. The Kier molecular flexibility index (Phi) is 2.08. The van der Waals surface area contributed by atoms with Gasteiger partial charge in [-0.1, -0.05) is 12.1 Å². The fourth-order valence-electron chi connectivity index (χ4n) is 1.93. The molecule has 1 aliphatic rings. The number of carbonyl (C=O) groups excluding carboxylic acids is 1. The second-order valence-electron chi connectivity index (χ2n) is 3.75. The van der Waals surface area contributed by atoms with Gasteiger partial charge in [-0.15, -0.1) is 0 Å². The first kappa shape index (κ1) is 9.84. The van der Waals surface area contributed by atoms with Gasteiger partial charge in [0.1, 0.15) is 5.69 Å². The monoisotopic (exact) mass is 226 g/mol. The van der Waals surface area contributed by atoms with Gasteiger partial charge in [-0.25, -0.2) is 4.98 Å². The van der Waals surface area contributed by atoms with Crippen LogP contribution >= 0.6 is 0 Å². The molecule has 0 saturated heterocycles. The van der Waals surface area contributed by atoms with Gasteiger partial charge < -0.3 is 4.74 Å². The molecule has 4 heteroatoms. The number of anilines is 2. The topological polar surface area (TPSA) is 42.4 Å². The molecule has 2 aromatic rings. The molecular formula is C13H10N2O2. The zero-order chi connectivity index (χ0) is 11.8. The van der Waals surface area contributed by atoms with E-state index in [2.05, 4.69) is 4.98 Å². The van der Waals surface area contributed by atoms with Gasteiger partial charge in [0, 0.05) is 13.1 Å². The minimum absolute atomic E-state index is 0.0602. The number of fused-ring (bicyclic) bond motifs is 2. The van der Waals surface area contributed by atoms with Crippen molar-refractivity contribution in [3.8, 4) is 11.6 Å². The SMILES string of the molecule is CC(=O)N1c2ccccc2Oc2ncccc21. The highest BCUT2D eigenvalue weighted by Crippen LogP contribution is 2.44. The normalized spacial score (nSPS) is 12.4. The van der Waals surface area contributed by atoms with E-state index in [0.717, 1.165) is 5.69 Å². The summed E-state index contributed by atoms with van der Waals surface area (Å²) in [5, 5.41) is 0. The molecule has 0 spiro atoms. The van der Waals surface area contributed by atoms with Crippen LogP contribution in [0.25, 0.3) is 0 Å². The van der Waals surface area contributed by atoms with Crippen molar-refractivity contribution < 1.29 is 9.53 Å². The molecule has 1 aromatic carbocycles. The molecule has 0 atom stereocenters. The molecule has 0 aliphatic carbocycles. The molecule has 4 nitrogen and oxygen atoms in total. The summed E-state index contributed by atoms with van der Waals surface area (Å²) < 4.78 is 5.65. The molecule has 0 N–H and O–H groups in total. The maximum atomic E-state index is 11.8. The van der Waals surface area contributed by atoms with Crippen LogP contribution in [-0.4, -0.2) is 10.9 Å². The fraction of sp³-hybridized carbons (Fsp3) is 0.0769. The number of pyridine rings is 1. The predicted molar refractivity (Wildman–Crippen MR) is 63.6 cm³/mol. The van der Waals surface area contributed by atoms with Crippen molar-refractivity contribution >= 4 is 17.3 Å². The van der Waals surface area contributed by atoms with Crippen LogP contribution in [0.1, 0.15) is 6.92 Å². The van der Waals surface area contributed by atoms with Gasteiger partial charge in [-0.2, -0.15) is 0 Å². The Morgan fingerprint density at radius 1 is 1.18 bits per heavy atom. The van der Waals surface area contributed by atoms with Crippen molar-refractivity contribution in [1.82, 2.24) is 4.98 Å². The van der Waals surface area contributed by atoms with E-state index in [1.165, 1.54) is 6.92 Å². The molecule has 1 amide bonds. The fourth-order valence-corrected chi connectivity index (χ4v) is 1.93. The summed E-state index contributed by atoms with van der Waals surface area (Å²) in [6.45, 7) is 1.53. The lowest BCUT2D eigenvalue weighted by Gasteiger charge is -2.29. The summed E-state index contributed by atoms with van der Waals surface area (Å²) in [4.78, 5) is 17.5. The molecule has 0 radical (unpaired) electrons. The van der Waals surface area contributed by atoms with Crippen molar-refractivity contribution in [1.29, 1.82) is 0 Å². The van der Waals surface area contributed by atoms with Crippen LogP contribution in [0.4, 0.5) is 11.4 Å². The van der Waals surface area contributed by atoms with Crippen molar-refractivity contribution in [3.05, 3.63) is 42.6 Å². The summed E-state index contributed by atoms with van der Waals surface area (Å²) in [6, 6.07) is 11.0. The molecule has 0 bridgehead atoms. The van der Waals surface area contributed by atoms with Crippen LogP contribution in [0.5, 0.6) is 11.6 Å². The van der Waals surface area contributed by atoms with Crippen molar-refractivity contribution in [3.63, 3.8) is 0 Å². The summed E-state index contributed by atoms with van der Waals surface area (Å²) in [5.74, 6) is 1.05. The highest BCUT2D eigenvalue weighted by molar-refractivity contribution is 6.02. The van der Waals surface area contributed by atoms with Crippen molar-refractivity contribution in [2.45, 2.75) is 6.92 Å². The number of hydrogen-bond acceptors (Lipinski definition) is 3. The summed E-state index contributed by atoms with van der Waals surface area (Å²) in [5.41, 5.74) is 1.43. The Balaban J connectivity index is 2.24. The zero-order valence-electron chi connectivity index (χ0n) is 9.25. The number of nitrogens with zero attached hydrogens (tertiary/aromatic N) is 2. The minimum atomic E-state index is -0.0602. The third-order valence-electron chi connectivity index (χ3n) is 2.62. The smallest absolute Gasteiger partial charge is 0.243 e. The number of amides is 1. The van der Waals surface area contributed by atoms with E-state index in [9.17, 15) is 4.79 Å². The van der Waals surface area contributed by atoms with Gasteiger partial charge in [0.2, 0.25) is 11.8 Å². The Bertz CT molecular complexity index is 550. The van der Waals surface area contributed by atoms with Crippen molar-refractivity contribution in [2.24, 2.45) is 0 Å². The first-order chi connectivity index (χ1) is 8.27. The van der Waals surface area contributed by atoms with Gasteiger partial charge in [0.05, 0.1) is 5.69 Å². The lowest BCUT2D eigenvalue weighted by atomic mass is 10.2. The highest BCUT2D eigenvalue weighted by atomic mass is 16.5. The quantitative estimate of drug-likeness (QED) is 0.693. The average molecular weight is 226 g/mol. The molecule has 0 saturated carbocycles. The first-order valence-corrected chi connectivity index (χ1v) is 5.30. The predicted octanol–water partition coefficient (Wildman–Crippen LogP) is 2.87. The Labute approximate surface area is 98.5 Å². The summed E-state index contributed by atoms with van der Waals surface area (Å²) >= 11 is 0. The molecule has 3 rings (SSSR count). The van der Waals surface area contributed by atoms with E-state index in [-0.39, 0.29) is 5.91 Å². The third-order valence-corrected chi connectivity index (χ3v) is 2.62. The second-order valence-corrected chi connectivity index (χ2v) is 3.75. The van der Waals surface area contributed by atoms with Gasteiger partial charge in [0.15, 0.2) is 5.75 Å². The van der Waals surface area contributed by atoms with E-state index in [0.29, 0.717) is 17.3 Å². The van der Waals surface area contributed by atoms with Gasteiger partial charge in [-0.3, -0.25) is 9.69 Å². The second kappa shape index (κ2) is 3.59. The molecule has 2 heterocycles. The van der Waals surface area contributed by atoms with Gasteiger partial charge in [0.25, 0.3) is 0 Å². The molecule has 0 fully saturated rings. The van der Waals surface area contributed by atoms with Crippen LogP contribution in [0, 0.1) is 0 Å². The Morgan fingerprint density at radius 3 is 2.76 bits per heavy atom. The first-order valence-electron chi connectivity index (χ1n) is 5.30. The molecule has 0 unspecified atom stereocenters.